The van der Waals surface area contributed by atoms with Gasteiger partial charge in [-0.05, 0) is 36.4 Å². The second kappa shape index (κ2) is 8.16. The van der Waals surface area contributed by atoms with Crippen LogP contribution in [0.5, 0.6) is 17.2 Å². The van der Waals surface area contributed by atoms with Crippen molar-refractivity contribution < 1.29 is 19.0 Å². The van der Waals surface area contributed by atoms with Crippen LogP contribution in [-0.2, 0) is 0 Å². The molecule has 30 heavy (non-hydrogen) atoms. The van der Waals surface area contributed by atoms with Gasteiger partial charge in [-0.25, -0.2) is 0 Å². The second-order valence-corrected chi connectivity index (χ2v) is 7.08. The van der Waals surface area contributed by atoms with Crippen LogP contribution in [0.2, 0.25) is 5.02 Å². The van der Waals surface area contributed by atoms with Gasteiger partial charge in [0.05, 0.1) is 37.6 Å². The molecule has 3 aromatic rings. The van der Waals surface area contributed by atoms with E-state index in [0.29, 0.717) is 33.5 Å². The number of rotatable bonds is 5. The van der Waals surface area contributed by atoms with E-state index in [2.05, 4.69) is 5.32 Å². The molecular weight excluding hydrogens is 404 g/mol. The fourth-order valence-electron chi connectivity index (χ4n) is 3.64. The van der Waals surface area contributed by atoms with Gasteiger partial charge >= 0.3 is 0 Å². The number of amides is 1. The van der Waals surface area contributed by atoms with E-state index in [9.17, 15) is 4.79 Å². The van der Waals surface area contributed by atoms with Crippen LogP contribution in [0.1, 0.15) is 22.1 Å². The van der Waals surface area contributed by atoms with E-state index in [-0.39, 0.29) is 5.91 Å². The van der Waals surface area contributed by atoms with Crippen LogP contribution >= 0.6 is 11.6 Å². The monoisotopic (exact) mass is 424 g/mol. The smallest absolute Gasteiger partial charge is 0.262 e. The molecule has 0 aromatic heterocycles. The molecule has 3 aromatic carbocycles. The number of carbonyl (C=O) groups is 1. The zero-order chi connectivity index (χ0) is 21.3. The maximum Gasteiger partial charge on any atom is 0.262 e. The Morgan fingerprint density at radius 2 is 1.53 bits per heavy atom. The molecular formula is C23H21ClN2O4. The molecule has 0 saturated heterocycles. The number of ether oxygens (including phenoxy) is 3. The van der Waals surface area contributed by atoms with E-state index in [1.165, 1.54) is 0 Å². The van der Waals surface area contributed by atoms with Crippen molar-refractivity contribution >= 4 is 28.9 Å². The molecule has 1 N–H and O–H groups in total. The van der Waals surface area contributed by atoms with Crippen molar-refractivity contribution in [2.75, 3.05) is 31.5 Å². The quantitative estimate of drug-likeness (QED) is 0.614. The minimum Gasteiger partial charge on any atom is -0.493 e. The van der Waals surface area contributed by atoms with E-state index in [0.717, 1.165) is 11.3 Å². The third kappa shape index (κ3) is 3.29. The first-order valence-corrected chi connectivity index (χ1v) is 9.70. The van der Waals surface area contributed by atoms with Crippen LogP contribution in [0.4, 0.5) is 11.4 Å². The Labute approximate surface area is 179 Å². The number of nitrogens with one attached hydrogen (secondary N) is 1. The standard InChI is InChI=1S/C23H21ClN2O4/c1-28-19-12-14(13-20(29-2)21(19)30-3)22-25-17-10-6-4-8-15(17)23(27)26(22)18-11-7-5-9-16(18)24/h4-13,22,25H,1-3H3. The molecule has 6 nitrogen and oxygen atoms in total. The molecule has 1 aliphatic heterocycles. The molecule has 154 valence electrons. The van der Waals surface area contributed by atoms with Crippen LogP contribution in [0, 0.1) is 0 Å². The van der Waals surface area contributed by atoms with Crippen LogP contribution in [0.3, 0.4) is 0 Å². The molecule has 0 bridgehead atoms. The highest BCUT2D eigenvalue weighted by Gasteiger charge is 2.36. The van der Waals surface area contributed by atoms with Crippen LogP contribution < -0.4 is 24.4 Å². The molecule has 0 fully saturated rings. The van der Waals surface area contributed by atoms with Gasteiger partial charge < -0.3 is 19.5 Å². The Kier molecular flexibility index (Phi) is 5.42. The zero-order valence-corrected chi connectivity index (χ0v) is 17.6. The van der Waals surface area contributed by atoms with Crippen molar-refractivity contribution in [3.05, 3.63) is 76.8 Å². The number of anilines is 2. The van der Waals surface area contributed by atoms with Crippen molar-refractivity contribution in [3.8, 4) is 17.2 Å². The molecule has 0 saturated carbocycles. The van der Waals surface area contributed by atoms with Crippen molar-refractivity contribution in [3.63, 3.8) is 0 Å². The highest BCUT2D eigenvalue weighted by molar-refractivity contribution is 6.34. The van der Waals surface area contributed by atoms with Gasteiger partial charge in [0.25, 0.3) is 5.91 Å². The number of methoxy groups -OCH3 is 3. The summed E-state index contributed by atoms with van der Waals surface area (Å²) in [5.41, 5.74) is 2.67. The molecule has 7 heteroatoms. The van der Waals surface area contributed by atoms with Gasteiger partial charge in [0, 0.05) is 11.3 Å². The summed E-state index contributed by atoms with van der Waals surface area (Å²) in [5, 5.41) is 3.93. The third-order valence-electron chi connectivity index (χ3n) is 5.04. The predicted octanol–water partition coefficient (Wildman–Crippen LogP) is 5.14. The Hall–Kier alpha value is -3.38. The van der Waals surface area contributed by atoms with Gasteiger partial charge in [-0.2, -0.15) is 0 Å². The normalized spacial score (nSPS) is 15.3. The number of benzene rings is 3. The molecule has 0 aliphatic carbocycles. The highest BCUT2D eigenvalue weighted by atomic mass is 35.5. The molecule has 1 aliphatic rings. The summed E-state index contributed by atoms with van der Waals surface area (Å²) in [6.07, 6.45) is -0.541. The van der Waals surface area contributed by atoms with E-state index in [1.807, 2.05) is 48.5 Å². The number of hydrogen-bond donors (Lipinski definition) is 1. The SMILES string of the molecule is COc1cc(C2Nc3ccccc3C(=O)N2c2ccccc2Cl)cc(OC)c1OC. The lowest BCUT2D eigenvalue weighted by molar-refractivity contribution is 0.0975. The average Bonchev–Trinajstić information content (AvgIpc) is 2.78. The Morgan fingerprint density at radius 1 is 0.900 bits per heavy atom. The first kappa shape index (κ1) is 19.9. The summed E-state index contributed by atoms with van der Waals surface area (Å²) in [7, 11) is 4.66. The molecule has 1 heterocycles. The summed E-state index contributed by atoms with van der Waals surface area (Å²) in [6, 6.07) is 18.3. The number of hydrogen-bond acceptors (Lipinski definition) is 5. The topological polar surface area (TPSA) is 60.0 Å². The number of nitrogens with zero attached hydrogens (tertiary/aromatic N) is 1. The van der Waals surface area contributed by atoms with E-state index in [1.54, 1.807) is 38.4 Å². The first-order valence-electron chi connectivity index (χ1n) is 9.32. The number of halogens is 1. The lowest BCUT2D eigenvalue weighted by Crippen LogP contribution is -2.43. The summed E-state index contributed by atoms with van der Waals surface area (Å²) in [4.78, 5) is 15.2. The van der Waals surface area contributed by atoms with Crippen LogP contribution in [0.15, 0.2) is 60.7 Å². The van der Waals surface area contributed by atoms with Gasteiger partial charge in [-0.15, -0.1) is 0 Å². The zero-order valence-electron chi connectivity index (χ0n) is 16.8. The van der Waals surface area contributed by atoms with Gasteiger partial charge in [0.15, 0.2) is 11.5 Å². The van der Waals surface area contributed by atoms with Gasteiger partial charge in [-0.1, -0.05) is 35.9 Å². The second-order valence-electron chi connectivity index (χ2n) is 6.68. The summed E-state index contributed by atoms with van der Waals surface area (Å²) < 4.78 is 16.5. The fourth-order valence-corrected chi connectivity index (χ4v) is 3.87. The van der Waals surface area contributed by atoms with Crippen molar-refractivity contribution in [1.29, 1.82) is 0 Å². The first-order chi connectivity index (χ1) is 14.6. The Morgan fingerprint density at radius 3 is 2.17 bits per heavy atom. The van der Waals surface area contributed by atoms with Crippen LogP contribution in [-0.4, -0.2) is 27.2 Å². The van der Waals surface area contributed by atoms with Crippen LogP contribution in [0.25, 0.3) is 0 Å². The third-order valence-corrected chi connectivity index (χ3v) is 5.36. The van der Waals surface area contributed by atoms with Gasteiger partial charge in [0.1, 0.15) is 6.17 Å². The number of carbonyl (C=O) groups excluding carboxylic acids is 1. The fraction of sp³-hybridized carbons (Fsp3) is 0.174. The number of fused-ring (bicyclic) bond motifs is 1. The molecule has 4 rings (SSSR count). The van der Waals surface area contributed by atoms with Crippen molar-refractivity contribution in [1.82, 2.24) is 0 Å². The average molecular weight is 425 g/mol. The maximum atomic E-state index is 13.5. The van der Waals surface area contributed by atoms with Crippen molar-refractivity contribution in [2.24, 2.45) is 0 Å². The lowest BCUT2D eigenvalue weighted by atomic mass is 10.0. The van der Waals surface area contributed by atoms with Crippen molar-refractivity contribution in [2.45, 2.75) is 6.17 Å². The summed E-state index contributed by atoms with van der Waals surface area (Å²) >= 11 is 6.48. The molecule has 0 radical (unpaired) electrons. The minimum atomic E-state index is -0.541. The molecule has 0 spiro atoms. The van der Waals surface area contributed by atoms with E-state index in [4.69, 9.17) is 25.8 Å². The molecule has 1 atom stereocenters. The largest absolute Gasteiger partial charge is 0.493 e. The van der Waals surface area contributed by atoms with E-state index < -0.39 is 6.17 Å². The van der Waals surface area contributed by atoms with E-state index >= 15 is 0 Å². The lowest BCUT2D eigenvalue weighted by Gasteiger charge is -2.38. The highest BCUT2D eigenvalue weighted by Crippen LogP contribution is 2.44. The molecule has 1 unspecified atom stereocenters. The Balaban J connectivity index is 1.92. The summed E-state index contributed by atoms with van der Waals surface area (Å²) in [6.45, 7) is 0. The minimum absolute atomic E-state index is 0.156. The number of para-hydroxylation sites is 2. The van der Waals surface area contributed by atoms with Gasteiger partial charge in [-0.3, -0.25) is 9.69 Å². The Bertz CT molecular complexity index is 1080. The summed E-state index contributed by atoms with van der Waals surface area (Å²) in [5.74, 6) is 1.32. The predicted molar refractivity (Wildman–Crippen MR) is 117 cm³/mol. The maximum absolute atomic E-state index is 13.5. The van der Waals surface area contributed by atoms with Gasteiger partial charge in [0.2, 0.25) is 5.75 Å². The molecule has 1 amide bonds.